The fourth-order valence-corrected chi connectivity index (χ4v) is 3.21. The van der Waals surface area contributed by atoms with Crippen LogP contribution in [0.4, 0.5) is 5.69 Å². The number of morpholine rings is 1. The molecule has 26 heavy (non-hydrogen) atoms. The molecule has 1 aliphatic rings. The average Bonchev–Trinajstić information content (AvgIpc) is 2.61. The summed E-state index contributed by atoms with van der Waals surface area (Å²) >= 11 is 0. The Morgan fingerprint density at radius 2 is 1.96 bits per heavy atom. The SMILES string of the molecule is Cc1ccc(NC(=O)CC2C(=O)OCCN2Cc2ccccc2)c(C)c1. The van der Waals surface area contributed by atoms with Crippen molar-refractivity contribution in [3.8, 4) is 0 Å². The minimum absolute atomic E-state index is 0.0823. The normalized spacial score (nSPS) is 17.6. The first-order valence-corrected chi connectivity index (χ1v) is 8.84. The fourth-order valence-electron chi connectivity index (χ4n) is 3.21. The third-order valence-electron chi connectivity index (χ3n) is 4.60. The lowest BCUT2D eigenvalue weighted by Gasteiger charge is -2.33. The third-order valence-corrected chi connectivity index (χ3v) is 4.60. The van der Waals surface area contributed by atoms with Gasteiger partial charge in [-0.25, -0.2) is 0 Å². The van der Waals surface area contributed by atoms with Crippen LogP contribution in [0.2, 0.25) is 0 Å². The van der Waals surface area contributed by atoms with Crippen LogP contribution in [0.15, 0.2) is 48.5 Å². The highest BCUT2D eigenvalue weighted by atomic mass is 16.5. The molecule has 2 aromatic rings. The van der Waals surface area contributed by atoms with Crippen LogP contribution in [0.3, 0.4) is 0 Å². The molecule has 0 spiro atoms. The highest BCUT2D eigenvalue weighted by Gasteiger charge is 2.33. The number of anilines is 1. The molecule has 1 fully saturated rings. The van der Waals surface area contributed by atoms with Crippen molar-refractivity contribution in [3.05, 3.63) is 65.2 Å². The lowest BCUT2D eigenvalue weighted by Crippen LogP contribution is -2.49. The van der Waals surface area contributed by atoms with Crippen LogP contribution in [0.1, 0.15) is 23.1 Å². The summed E-state index contributed by atoms with van der Waals surface area (Å²) in [5, 5.41) is 2.92. The Morgan fingerprint density at radius 3 is 2.69 bits per heavy atom. The lowest BCUT2D eigenvalue weighted by atomic mass is 10.1. The highest BCUT2D eigenvalue weighted by Crippen LogP contribution is 2.19. The van der Waals surface area contributed by atoms with Crippen molar-refractivity contribution in [1.29, 1.82) is 0 Å². The molecule has 5 heteroatoms. The van der Waals surface area contributed by atoms with Gasteiger partial charge in [-0.05, 0) is 31.0 Å². The van der Waals surface area contributed by atoms with Crippen molar-refractivity contribution < 1.29 is 14.3 Å². The molecule has 0 bridgehead atoms. The largest absolute Gasteiger partial charge is 0.463 e. The van der Waals surface area contributed by atoms with Gasteiger partial charge < -0.3 is 10.1 Å². The summed E-state index contributed by atoms with van der Waals surface area (Å²) in [5.41, 5.74) is 4.04. The Labute approximate surface area is 154 Å². The lowest BCUT2D eigenvalue weighted by molar-refractivity contribution is -0.159. The number of nitrogens with one attached hydrogen (secondary N) is 1. The molecule has 0 aromatic heterocycles. The molecule has 1 saturated heterocycles. The topological polar surface area (TPSA) is 58.6 Å². The van der Waals surface area contributed by atoms with Crippen LogP contribution in [0, 0.1) is 13.8 Å². The van der Waals surface area contributed by atoms with Crippen molar-refractivity contribution in [3.63, 3.8) is 0 Å². The molecule has 1 amide bonds. The molecular weight excluding hydrogens is 328 g/mol. The number of nitrogens with zero attached hydrogens (tertiary/aromatic N) is 1. The van der Waals surface area contributed by atoms with Crippen LogP contribution in [-0.4, -0.2) is 36.0 Å². The molecule has 5 nitrogen and oxygen atoms in total. The number of hydrogen-bond donors (Lipinski definition) is 1. The van der Waals surface area contributed by atoms with E-state index in [0.29, 0.717) is 19.7 Å². The van der Waals surface area contributed by atoms with Crippen molar-refractivity contribution in [2.24, 2.45) is 0 Å². The second kappa shape index (κ2) is 8.15. The van der Waals surface area contributed by atoms with Crippen molar-refractivity contribution in [2.75, 3.05) is 18.5 Å². The molecule has 1 heterocycles. The molecule has 1 atom stereocenters. The monoisotopic (exact) mass is 352 g/mol. The molecule has 1 N–H and O–H groups in total. The zero-order valence-corrected chi connectivity index (χ0v) is 15.2. The quantitative estimate of drug-likeness (QED) is 0.840. The van der Waals surface area contributed by atoms with E-state index in [1.54, 1.807) is 0 Å². The van der Waals surface area contributed by atoms with E-state index in [0.717, 1.165) is 22.4 Å². The summed E-state index contributed by atoms with van der Waals surface area (Å²) in [5.74, 6) is -0.512. The molecular formula is C21H24N2O3. The second-order valence-corrected chi connectivity index (χ2v) is 6.71. The van der Waals surface area contributed by atoms with E-state index in [9.17, 15) is 9.59 Å². The predicted molar refractivity (Wildman–Crippen MR) is 101 cm³/mol. The highest BCUT2D eigenvalue weighted by molar-refractivity contribution is 5.95. The first-order chi connectivity index (χ1) is 12.5. The molecule has 1 unspecified atom stereocenters. The van der Waals surface area contributed by atoms with Gasteiger partial charge in [-0.1, -0.05) is 48.0 Å². The second-order valence-electron chi connectivity index (χ2n) is 6.71. The molecule has 2 aromatic carbocycles. The summed E-state index contributed by atoms with van der Waals surface area (Å²) in [6.45, 7) is 5.58. The van der Waals surface area contributed by atoms with Crippen molar-refractivity contribution >= 4 is 17.6 Å². The Balaban J connectivity index is 1.68. The molecule has 0 saturated carbocycles. The maximum Gasteiger partial charge on any atom is 0.323 e. The van der Waals surface area contributed by atoms with Crippen LogP contribution >= 0.6 is 0 Å². The number of amides is 1. The fraction of sp³-hybridized carbons (Fsp3) is 0.333. The van der Waals surface area contributed by atoms with Crippen LogP contribution in [0.25, 0.3) is 0 Å². The van der Waals surface area contributed by atoms with Crippen LogP contribution in [0.5, 0.6) is 0 Å². The third kappa shape index (κ3) is 4.49. The average molecular weight is 352 g/mol. The number of esters is 1. The maximum atomic E-state index is 12.5. The summed E-state index contributed by atoms with van der Waals surface area (Å²) in [6.07, 6.45) is 0.0823. The van der Waals surface area contributed by atoms with E-state index in [1.165, 1.54) is 0 Å². The zero-order valence-electron chi connectivity index (χ0n) is 15.2. The number of cyclic esters (lactones) is 1. The first-order valence-electron chi connectivity index (χ1n) is 8.84. The van der Waals surface area contributed by atoms with E-state index in [4.69, 9.17) is 4.74 Å². The van der Waals surface area contributed by atoms with Crippen LogP contribution < -0.4 is 5.32 Å². The van der Waals surface area contributed by atoms with E-state index in [2.05, 4.69) is 5.32 Å². The number of carbonyl (C=O) groups is 2. The van der Waals surface area contributed by atoms with Gasteiger partial charge in [0.2, 0.25) is 5.91 Å². The Hall–Kier alpha value is -2.66. The van der Waals surface area contributed by atoms with Gasteiger partial charge in [0.25, 0.3) is 0 Å². The van der Waals surface area contributed by atoms with E-state index in [-0.39, 0.29) is 18.3 Å². The van der Waals surface area contributed by atoms with Gasteiger partial charge in [0.05, 0.1) is 6.42 Å². The van der Waals surface area contributed by atoms with E-state index in [1.807, 2.05) is 67.3 Å². The van der Waals surface area contributed by atoms with E-state index < -0.39 is 6.04 Å². The summed E-state index contributed by atoms with van der Waals surface area (Å²) < 4.78 is 5.19. The number of carbonyl (C=O) groups excluding carboxylic acids is 2. The number of rotatable bonds is 5. The zero-order chi connectivity index (χ0) is 18.5. The minimum atomic E-state index is -0.560. The smallest absolute Gasteiger partial charge is 0.323 e. The predicted octanol–water partition coefficient (Wildman–Crippen LogP) is 3.06. The summed E-state index contributed by atoms with van der Waals surface area (Å²) in [6, 6.07) is 15.3. The molecule has 3 rings (SSSR count). The number of aryl methyl sites for hydroxylation is 2. The van der Waals surface area contributed by atoms with E-state index >= 15 is 0 Å². The maximum absolute atomic E-state index is 12.5. The van der Waals surface area contributed by atoms with Gasteiger partial charge >= 0.3 is 5.97 Å². The van der Waals surface area contributed by atoms with Gasteiger partial charge in [0, 0.05) is 18.8 Å². The van der Waals surface area contributed by atoms with Gasteiger partial charge in [-0.15, -0.1) is 0 Å². The molecule has 0 aliphatic carbocycles. The van der Waals surface area contributed by atoms with Gasteiger partial charge in [0.15, 0.2) is 0 Å². The molecule has 1 aliphatic heterocycles. The van der Waals surface area contributed by atoms with Gasteiger partial charge in [-0.2, -0.15) is 0 Å². The Kier molecular flexibility index (Phi) is 5.68. The van der Waals surface area contributed by atoms with Crippen LogP contribution in [-0.2, 0) is 20.9 Å². The summed E-state index contributed by atoms with van der Waals surface area (Å²) in [7, 11) is 0. The first kappa shape index (κ1) is 18.1. The van der Waals surface area contributed by atoms with Gasteiger partial charge in [0.1, 0.15) is 12.6 Å². The number of benzene rings is 2. The number of hydrogen-bond acceptors (Lipinski definition) is 4. The Morgan fingerprint density at radius 1 is 1.19 bits per heavy atom. The standard InChI is InChI=1S/C21H24N2O3/c1-15-8-9-18(16(2)12-15)22-20(24)13-19-21(25)26-11-10-23(19)14-17-6-4-3-5-7-17/h3-9,12,19H,10-11,13-14H2,1-2H3,(H,22,24). The van der Waals surface area contributed by atoms with Crippen molar-refractivity contribution in [1.82, 2.24) is 4.90 Å². The van der Waals surface area contributed by atoms with Gasteiger partial charge in [-0.3, -0.25) is 14.5 Å². The molecule has 0 radical (unpaired) electrons. The molecule has 136 valence electrons. The summed E-state index contributed by atoms with van der Waals surface area (Å²) in [4.78, 5) is 26.8. The minimum Gasteiger partial charge on any atom is -0.463 e. The number of ether oxygens (including phenoxy) is 1. The Bertz CT molecular complexity index is 789. The van der Waals surface area contributed by atoms with Crippen molar-refractivity contribution in [2.45, 2.75) is 32.9 Å².